The van der Waals surface area contributed by atoms with Gasteiger partial charge in [0.25, 0.3) is 0 Å². The van der Waals surface area contributed by atoms with Crippen molar-refractivity contribution in [2.24, 2.45) is 0 Å². The molecule has 0 saturated heterocycles. The monoisotopic (exact) mass is 221 g/mol. The highest BCUT2D eigenvalue weighted by Gasteiger charge is 1.97. The summed E-state index contributed by atoms with van der Waals surface area (Å²) in [5.41, 5.74) is 3.54. The normalized spacial score (nSPS) is 9.82. The number of nitrogens with one attached hydrogen (secondary N) is 1. The van der Waals surface area contributed by atoms with Crippen molar-refractivity contribution in [3.8, 4) is 17.2 Å². The second kappa shape index (κ2) is 5.83. The first-order chi connectivity index (χ1) is 8.40. The van der Waals surface area contributed by atoms with Crippen molar-refractivity contribution in [2.45, 2.75) is 6.54 Å². The quantitative estimate of drug-likeness (QED) is 0.636. The molecule has 0 aromatic heterocycles. The van der Waals surface area contributed by atoms with E-state index in [0.29, 0.717) is 6.54 Å². The summed E-state index contributed by atoms with van der Waals surface area (Å²) >= 11 is 0. The maximum atomic E-state index is 8.42. The van der Waals surface area contributed by atoms with Gasteiger partial charge in [0.1, 0.15) is 0 Å². The molecule has 0 aliphatic carbocycles. The van der Waals surface area contributed by atoms with Crippen molar-refractivity contribution < 1.29 is 0 Å². The van der Waals surface area contributed by atoms with Gasteiger partial charge in [-0.1, -0.05) is 42.5 Å². The minimum Gasteiger partial charge on any atom is -0.300 e. The third-order valence-electron chi connectivity index (χ3n) is 2.53. The van der Waals surface area contributed by atoms with Gasteiger partial charge < -0.3 is 5.32 Å². The lowest BCUT2D eigenvalue weighted by molar-refractivity contribution is 0.766. The lowest BCUT2D eigenvalue weighted by Crippen LogP contribution is -2.12. The molecule has 2 nitrogen and oxygen atoms in total. The van der Waals surface area contributed by atoms with Crippen LogP contribution >= 0.6 is 0 Å². The van der Waals surface area contributed by atoms with Crippen LogP contribution in [0.2, 0.25) is 0 Å². The van der Waals surface area contributed by atoms with Gasteiger partial charge >= 0.3 is 0 Å². The molecule has 0 amide bonds. The van der Waals surface area contributed by atoms with E-state index in [-0.39, 0.29) is 0 Å². The zero-order valence-electron chi connectivity index (χ0n) is 9.48. The summed E-state index contributed by atoms with van der Waals surface area (Å²) in [6.07, 6.45) is 0. The Morgan fingerprint density at radius 1 is 1.12 bits per heavy atom. The van der Waals surface area contributed by atoms with E-state index in [2.05, 4.69) is 47.8 Å². The molecule has 83 valence electrons. The van der Waals surface area contributed by atoms with E-state index in [9.17, 15) is 0 Å². The van der Waals surface area contributed by atoms with Crippen LogP contribution in [0.3, 0.4) is 0 Å². The van der Waals surface area contributed by atoms with E-state index in [1.165, 1.54) is 16.7 Å². The van der Waals surface area contributed by atoms with Crippen LogP contribution in [0.15, 0.2) is 48.5 Å². The zero-order valence-corrected chi connectivity index (χ0v) is 9.48. The third kappa shape index (κ3) is 3.17. The summed E-state index contributed by atoms with van der Waals surface area (Å²) in [7, 11) is 0. The SMILES string of the molecule is N#CCNCc1ccc(-c2c[c]ccc2)cc1. The molecule has 0 aliphatic heterocycles. The fraction of sp³-hybridized carbons (Fsp3) is 0.133. The van der Waals surface area contributed by atoms with Gasteiger partial charge in [-0.3, -0.25) is 0 Å². The molecule has 1 radical (unpaired) electrons. The van der Waals surface area contributed by atoms with Gasteiger partial charge in [-0.2, -0.15) is 5.26 Å². The van der Waals surface area contributed by atoms with E-state index >= 15 is 0 Å². The molecule has 0 heterocycles. The largest absolute Gasteiger partial charge is 0.300 e. The van der Waals surface area contributed by atoms with Crippen molar-refractivity contribution >= 4 is 0 Å². The van der Waals surface area contributed by atoms with Crippen molar-refractivity contribution in [3.63, 3.8) is 0 Å². The maximum Gasteiger partial charge on any atom is 0.0843 e. The lowest BCUT2D eigenvalue weighted by atomic mass is 10.0. The molecule has 2 aromatic rings. The molecule has 0 unspecified atom stereocenters. The summed E-state index contributed by atoms with van der Waals surface area (Å²) in [6, 6.07) is 21.4. The molecule has 0 saturated carbocycles. The standard InChI is InChI=1S/C15H13N2/c16-10-11-17-12-13-6-8-15(9-7-13)14-4-2-1-3-5-14/h1-2,4-9,17H,11-12H2. The molecule has 2 heteroatoms. The number of hydrogen-bond donors (Lipinski definition) is 1. The average Bonchev–Trinajstić information content (AvgIpc) is 2.41. The zero-order chi connectivity index (χ0) is 11.9. The van der Waals surface area contributed by atoms with Gasteiger partial charge in [-0.05, 0) is 28.8 Å². The molecule has 2 rings (SSSR count). The molecular weight excluding hydrogens is 208 g/mol. The second-order valence-electron chi connectivity index (χ2n) is 3.75. The van der Waals surface area contributed by atoms with Crippen molar-refractivity contribution in [1.82, 2.24) is 5.32 Å². The van der Waals surface area contributed by atoms with Gasteiger partial charge in [-0.25, -0.2) is 0 Å². The van der Waals surface area contributed by atoms with Gasteiger partial charge in [0.15, 0.2) is 0 Å². The summed E-state index contributed by atoms with van der Waals surface area (Å²) < 4.78 is 0. The predicted octanol–water partition coefficient (Wildman–Crippen LogP) is 2.77. The topological polar surface area (TPSA) is 35.8 Å². The van der Waals surface area contributed by atoms with Crippen LogP contribution in [0, 0.1) is 17.4 Å². The first-order valence-corrected chi connectivity index (χ1v) is 5.53. The number of hydrogen-bond acceptors (Lipinski definition) is 2. The van der Waals surface area contributed by atoms with Gasteiger partial charge in [0.2, 0.25) is 0 Å². The lowest BCUT2D eigenvalue weighted by Gasteiger charge is -2.04. The van der Waals surface area contributed by atoms with Crippen molar-refractivity contribution in [1.29, 1.82) is 5.26 Å². The van der Waals surface area contributed by atoms with E-state index < -0.39 is 0 Å². The van der Waals surface area contributed by atoms with Gasteiger partial charge in [-0.15, -0.1) is 0 Å². The molecule has 0 aliphatic rings. The molecule has 0 atom stereocenters. The Kier molecular flexibility index (Phi) is 3.90. The minimum atomic E-state index is 0.384. The molecule has 1 N–H and O–H groups in total. The van der Waals surface area contributed by atoms with Crippen LogP contribution in [0.5, 0.6) is 0 Å². The molecule has 0 spiro atoms. The Balaban J connectivity index is 2.06. The number of benzene rings is 2. The molecule has 0 bridgehead atoms. The smallest absolute Gasteiger partial charge is 0.0843 e. The van der Waals surface area contributed by atoms with Crippen LogP contribution in [0.1, 0.15) is 5.56 Å². The minimum absolute atomic E-state index is 0.384. The van der Waals surface area contributed by atoms with Crippen LogP contribution in [-0.2, 0) is 6.54 Å². The number of nitriles is 1. The predicted molar refractivity (Wildman–Crippen MR) is 68.0 cm³/mol. The molecule has 0 fully saturated rings. The van der Waals surface area contributed by atoms with Crippen LogP contribution in [-0.4, -0.2) is 6.54 Å². The van der Waals surface area contributed by atoms with Gasteiger partial charge in [0.05, 0.1) is 12.6 Å². The Hall–Kier alpha value is -2.11. The summed E-state index contributed by atoms with van der Waals surface area (Å²) in [6.45, 7) is 1.12. The Labute approximate surface area is 102 Å². The van der Waals surface area contributed by atoms with Crippen molar-refractivity contribution in [3.05, 3.63) is 60.2 Å². The van der Waals surface area contributed by atoms with Crippen LogP contribution < -0.4 is 5.32 Å². The average molecular weight is 221 g/mol. The molecular formula is C15H13N2. The maximum absolute atomic E-state index is 8.42. The van der Waals surface area contributed by atoms with E-state index in [4.69, 9.17) is 5.26 Å². The fourth-order valence-electron chi connectivity index (χ4n) is 1.65. The fourth-order valence-corrected chi connectivity index (χ4v) is 1.65. The highest BCUT2D eigenvalue weighted by molar-refractivity contribution is 5.63. The summed E-state index contributed by atoms with van der Waals surface area (Å²) in [4.78, 5) is 0. The van der Waals surface area contributed by atoms with Crippen molar-refractivity contribution in [2.75, 3.05) is 6.54 Å². The molecule has 17 heavy (non-hydrogen) atoms. The van der Waals surface area contributed by atoms with Crippen LogP contribution in [0.4, 0.5) is 0 Å². The van der Waals surface area contributed by atoms with Gasteiger partial charge in [0, 0.05) is 6.54 Å². The highest BCUT2D eigenvalue weighted by Crippen LogP contribution is 2.18. The Morgan fingerprint density at radius 2 is 1.94 bits per heavy atom. The second-order valence-corrected chi connectivity index (χ2v) is 3.75. The molecule has 2 aromatic carbocycles. The summed E-state index contributed by atoms with van der Waals surface area (Å²) in [5.74, 6) is 0. The number of rotatable bonds is 4. The Bertz CT molecular complexity index is 495. The Morgan fingerprint density at radius 3 is 2.59 bits per heavy atom. The van der Waals surface area contributed by atoms with E-state index in [1.54, 1.807) is 0 Å². The highest BCUT2D eigenvalue weighted by atomic mass is 14.8. The summed E-state index contributed by atoms with van der Waals surface area (Å²) in [5, 5.41) is 11.5. The first-order valence-electron chi connectivity index (χ1n) is 5.53. The number of nitrogens with zero attached hydrogens (tertiary/aromatic N) is 1. The van der Waals surface area contributed by atoms with Crippen LogP contribution in [0.25, 0.3) is 11.1 Å². The van der Waals surface area contributed by atoms with E-state index in [1.807, 2.05) is 18.2 Å². The third-order valence-corrected chi connectivity index (χ3v) is 2.53. The van der Waals surface area contributed by atoms with E-state index in [0.717, 1.165) is 6.54 Å². The first kappa shape index (κ1) is 11.4.